The molecule has 1 atom stereocenters. The minimum absolute atomic E-state index is 0.603. The van der Waals surface area contributed by atoms with Crippen molar-refractivity contribution in [3.63, 3.8) is 0 Å². The highest BCUT2D eigenvalue weighted by Crippen LogP contribution is 2.16. The first kappa shape index (κ1) is 18.3. The Kier molecular flexibility index (Phi) is 5.59. The smallest absolute Gasteiger partial charge is 0.191 e. The highest BCUT2D eigenvalue weighted by atomic mass is 15.4. The molecule has 0 amide bonds. The quantitative estimate of drug-likeness (QED) is 0.450. The number of guanidine groups is 1. The van der Waals surface area contributed by atoms with Crippen LogP contribution in [0.2, 0.25) is 0 Å². The lowest BCUT2D eigenvalue weighted by Crippen LogP contribution is -2.63. The van der Waals surface area contributed by atoms with E-state index in [1.807, 2.05) is 13.1 Å². The van der Waals surface area contributed by atoms with Gasteiger partial charge < -0.3 is 15.2 Å². The molecule has 2 N–H and O–H groups in total. The van der Waals surface area contributed by atoms with Crippen molar-refractivity contribution in [3.8, 4) is 0 Å². The van der Waals surface area contributed by atoms with E-state index in [2.05, 4.69) is 60.1 Å². The van der Waals surface area contributed by atoms with E-state index in [1.54, 1.807) is 0 Å². The van der Waals surface area contributed by atoms with Gasteiger partial charge in [-0.1, -0.05) is 12.1 Å². The second-order valence-electron chi connectivity index (χ2n) is 7.52. The van der Waals surface area contributed by atoms with E-state index >= 15 is 0 Å². The highest BCUT2D eigenvalue weighted by molar-refractivity contribution is 5.79. The summed E-state index contributed by atoms with van der Waals surface area (Å²) >= 11 is 0. The third-order valence-electron chi connectivity index (χ3n) is 5.82. The van der Waals surface area contributed by atoms with Crippen LogP contribution in [0.5, 0.6) is 0 Å². The van der Waals surface area contributed by atoms with Crippen molar-refractivity contribution in [1.82, 2.24) is 30.0 Å². The van der Waals surface area contributed by atoms with E-state index in [-0.39, 0.29) is 0 Å². The van der Waals surface area contributed by atoms with Crippen LogP contribution in [-0.2, 0) is 6.54 Å². The Labute approximate surface area is 161 Å². The first-order chi connectivity index (χ1) is 13.2. The summed E-state index contributed by atoms with van der Waals surface area (Å²) in [6.45, 7) is 10.9. The number of benzene rings is 1. The lowest BCUT2D eigenvalue weighted by molar-refractivity contribution is 0.0154. The van der Waals surface area contributed by atoms with E-state index in [4.69, 9.17) is 0 Å². The fourth-order valence-electron chi connectivity index (χ4n) is 4.28. The average molecular weight is 370 g/mol. The van der Waals surface area contributed by atoms with Gasteiger partial charge in [0.05, 0.1) is 11.0 Å². The Bertz CT molecular complexity index is 789. The number of piperazine rings is 3. The number of hydrogen-bond donors (Lipinski definition) is 2. The second kappa shape index (κ2) is 8.27. The maximum absolute atomic E-state index is 4.64. The van der Waals surface area contributed by atoms with Gasteiger partial charge in [-0.3, -0.25) is 14.8 Å². The van der Waals surface area contributed by atoms with Crippen LogP contribution in [0.3, 0.4) is 0 Å². The number of aryl methyl sites for hydroxylation is 2. The summed E-state index contributed by atoms with van der Waals surface area (Å²) in [6.07, 6.45) is 1.03. The van der Waals surface area contributed by atoms with Gasteiger partial charge in [-0.15, -0.1) is 0 Å². The zero-order valence-electron chi connectivity index (χ0n) is 16.5. The molecular formula is C20H31N7. The third kappa shape index (κ3) is 4.09. The third-order valence-corrected chi connectivity index (χ3v) is 5.82. The van der Waals surface area contributed by atoms with Crippen molar-refractivity contribution in [2.24, 2.45) is 4.99 Å². The van der Waals surface area contributed by atoms with Crippen molar-refractivity contribution in [3.05, 3.63) is 30.1 Å². The van der Waals surface area contributed by atoms with Crippen molar-refractivity contribution in [2.75, 3.05) is 52.9 Å². The molecule has 3 aliphatic rings. The summed E-state index contributed by atoms with van der Waals surface area (Å²) in [5, 5.41) is 6.97. The molecular weight excluding hydrogens is 338 g/mol. The highest BCUT2D eigenvalue weighted by Gasteiger charge is 2.31. The van der Waals surface area contributed by atoms with Crippen LogP contribution < -0.4 is 10.6 Å². The Hall–Kier alpha value is -2.12. The number of nitrogens with one attached hydrogen (secondary N) is 2. The lowest BCUT2D eigenvalue weighted by Gasteiger charge is -2.47. The molecule has 5 rings (SSSR count). The molecule has 3 saturated heterocycles. The first-order valence-corrected chi connectivity index (χ1v) is 10.1. The van der Waals surface area contributed by atoms with E-state index in [0.717, 1.165) is 43.4 Å². The van der Waals surface area contributed by atoms with Crippen LogP contribution in [0.1, 0.15) is 12.2 Å². The van der Waals surface area contributed by atoms with Gasteiger partial charge in [0.1, 0.15) is 5.82 Å². The number of rotatable bonds is 6. The van der Waals surface area contributed by atoms with Crippen molar-refractivity contribution >= 4 is 17.0 Å². The van der Waals surface area contributed by atoms with Crippen molar-refractivity contribution in [2.45, 2.75) is 25.9 Å². The summed E-state index contributed by atoms with van der Waals surface area (Å²) in [5.74, 6) is 1.98. The molecule has 1 aromatic carbocycles. The Morgan fingerprint density at radius 3 is 2.74 bits per heavy atom. The normalized spacial score (nSPS) is 25.1. The Morgan fingerprint density at radius 1 is 1.19 bits per heavy atom. The monoisotopic (exact) mass is 369 g/mol. The fraction of sp³-hybridized carbons (Fsp3) is 0.600. The number of imidazole rings is 1. The molecule has 3 fully saturated rings. The van der Waals surface area contributed by atoms with E-state index < -0.39 is 0 Å². The number of fused-ring (bicyclic) bond motifs is 4. The predicted molar refractivity (Wildman–Crippen MR) is 110 cm³/mol. The molecule has 3 aliphatic heterocycles. The van der Waals surface area contributed by atoms with Gasteiger partial charge in [-0.2, -0.15) is 0 Å². The van der Waals surface area contributed by atoms with Gasteiger partial charge in [0.2, 0.25) is 0 Å². The summed E-state index contributed by atoms with van der Waals surface area (Å²) in [5.41, 5.74) is 2.29. The van der Waals surface area contributed by atoms with Gasteiger partial charge in [-0.25, -0.2) is 4.98 Å². The molecule has 2 bridgehead atoms. The standard InChI is InChI=1S/C20H31N7/c1-16-24-18-6-3-4-7-19(18)27(16)9-5-8-22-20(21-2)23-14-17-15-25-10-12-26(17)13-11-25/h3-4,6-7,17H,5,8-15H2,1-2H3,(H2,21,22,23). The summed E-state index contributed by atoms with van der Waals surface area (Å²) < 4.78 is 2.30. The molecule has 0 saturated carbocycles. The maximum atomic E-state index is 4.64. The number of aromatic nitrogens is 2. The number of nitrogens with zero attached hydrogens (tertiary/aromatic N) is 5. The number of hydrogen-bond acceptors (Lipinski definition) is 4. The largest absolute Gasteiger partial charge is 0.356 e. The average Bonchev–Trinajstić information content (AvgIpc) is 3.03. The van der Waals surface area contributed by atoms with Crippen LogP contribution in [-0.4, -0.2) is 84.2 Å². The molecule has 4 heterocycles. The van der Waals surface area contributed by atoms with Crippen LogP contribution >= 0.6 is 0 Å². The van der Waals surface area contributed by atoms with Gasteiger partial charge >= 0.3 is 0 Å². The van der Waals surface area contributed by atoms with Crippen molar-refractivity contribution < 1.29 is 0 Å². The topological polar surface area (TPSA) is 60.7 Å². The zero-order chi connectivity index (χ0) is 18.6. The second-order valence-corrected chi connectivity index (χ2v) is 7.52. The SMILES string of the molecule is CN=C(NCCCn1c(C)nc2ccccc21)NCC1CN2CCN1CC2. The maximum Gasteiger partial charge on any atom is 0.191 e. The zero-order valence-corrected chi connectivity index (χ0v) is 16.5. The van der Waals surface area contributed by atoms with Crippen LogP contribution in [0.4, 0.5) is 0 Å². The molecule has 2 aromatic rings. The molecule has 0 radical (unpaired) electrons. The Morgan fingerprint density at radius 2 is 2.00 bits per heavy atom. The molecule has 7 nitrogen and oxygen atoms in total. The van der Waals surface area contributed by atoms with Crippen LogP contribution in [0, 0.1) is 6.92 Å². The van der Waals surface area contributed by atoms with Gasteiger partial charge in [0, 0.05) is 65.4 Å². The molecule has 0 spiro atoms. The molecule has 0 aliphatic carbocycles. The number of para-hydroxylation sites is 2. The van der Waals surface area contributed by atoms with Crippen LogP contribution in [0.15, 0.2) is 29.3 Å². The number of aliphatic imine (C=N–C) groups is 1. The lowest BCUT2D eigenvalue weighted by atomic mass is 10.1. The Balaban J connectivity index is 1.22. The first-order valence-electron chi connectivity index (χ1n) is 10.1. The van der Waals surface area contributed by atoms with E-state index in [9.17, 15) is 0 Å². The van der Waals surface area contributed by atoms with Gasteiger partial charge in [0.25, 0.3) is 0 Å². The van der Waals surface area contributed by atoms with Gasteiger partial charge in [0.15, 0.2) is 5.96 Å². The van der Waals surface area contributed by atoms with E-state index in [0.29, 0.717) is 6.04 Å². The molecule has 1 aromatic heterocycles. The van der Waals surface area contributed by atoms with Gasteiger partial charge in [-0.05, 0) is 25.5 Å². The molecule has 7 heteroatoms. The summed E-state index contributed by atoms with van der Waals surface area (Å²) in [4.78, 5) is 14.2. The minimum Gasteiger partial charge on any atom is -0.356 e. The van der Waals surface area contributed by atoms with Crippen molar-refractivity contribution in [1.29, 1.82) is 0 Å². The summed E-state index contributed by atoms with van der Waals surface area (Å²) in [7, 11) is 1.85. The minimum atomic E-state index is 0.603. The van der Waals surface area contributed by atoms with E-state index in [1.165, 1.54) is 38.2 Å². The van der Waals surface area contributed by atoms with Crippen LogP contribution in [0.25, 0.3) is 11.0 Å². The molecule has 1 unspecified atom stereocenters. The predicted octanol–water partition coefficient (Wildman–Crippen LogP) is 0.900. The molecule has 27 heavy (non-hydrogen) atoms. The summed E-state index contributed by atoms with van der Waals surface area (Å²) in [6, 6.07) is 8.95. The fourth-order valence-corrected chi connectivity index (χ4v) is 4.28. The molecule has 146 valence electrons.